The van der Waals surface area contributed by atoms with Crippen LogP contribution >= 0.6 is 0 Å². The maximum absolute atomic E-state index is 8.70. The molecular formula is C10H4N2. The third-order valence-electron chi connectivity index (χ3n) is 1.93. The topological polar surface area (TPSA) is 47.6 Å². The lowest BCUT2D eigenvalue weighted by Crippen LogP contribution is -1.79. The molecule has 0 amide bonds. The molecule has 0 aliphatic heterocycles. The molecular weight excluding hydrogens is 148 g/mol. The average Bonchev–Trinajstić information content (AvgIpc) is 2.63. The van der Waals surface area contributed by atoms with Gasteiger partial charge in [-0.25, -0.2) is 0 Å². The molecule has 0 heterocycles. The molecule has 54 valence electrons. The van der Waals surface area contributed by atoms with Crippen LogP contribution in [0, 0.1) is 22.7 Å². The maximum atomic E-state index is 8.70. The lowest BCUT2D eigenvalue weighted by molar-refractivity contribution is 1.47. The highest BCUT2D eigenvalue weighted by atomic mass is 14.3. The van der Waals surface area contributed by atoms with E-state index in [0.29, 0.717) is 11.1 Å². The Kier molecular flexibility index (Phi) is 1.23. The van der Waals surface area contributed by atoms with E-state index in [-0.39, 0.29) is 0 Å². The number of rotatable bonds is 0. The van der Waals surface area contributed by atoms with Gasteiger partial charge in [-0.05, 0) is 6.08 Å². The lowest BCUT2D eigenvalue weighted by Gasteiger charge is -1.92. The van der Waals surface area contributed by atoms with Gasteiger partial charge in [0.1, 0.15) is 0 Å². The number of allylic oxidation sites excluding steroid dienone is 8. The summed E-state index contributed by atoms with van der Waals surface area (Å²) < 4.78 is 0. The Labute approximate surface area is 70.0 Å². The molecule has 0 saturated heterocycles. The molecule has 0 N–H and O–H groups in total. The van der Waals surface area contributed by atoms with Crippen LogP contribution in [-0.2, 0) is 0 Å². The molecule has 0 aromatic heterocycles. The first-order chi connectivity index (χ1) is 5.86. The SMILES string of the molecule is N#CC1=CC(C#N)=C2C=CC=C12. The van der Waals surface area contributed by atoms with E-state index in [4.69, 9.17) is 10.5 Å². The fourth-order valence-electron chi connectivity index (χ4n) is 1.37. The predicted molar refractivity (Wildman–Crippen MR) is 43.6 cm³/mol. The summed E-state index contributed by atoms with van der Waals surface area (Å²) in [5.41, 5.74) is 2.95. The molecule has 0 spiro atoms. The molecule has 2 heteroatoms. The summed E-state index contributed by atoms with van der Waals surface area (Å²) in [7, 11) is 0. The maximum Gasteiger partial charge on any atom is 0.0998 e. The van der Waals surface area contributed by atoms with Crippen molar-refractivity contribution in [3.05, 3.63) is 46.6 Å². The number of hydrogen-bond donors (Lipinski definition) is 0. The van der Waals surface area contributed by atoms with E-state index in [1.807, 2.05) is 18.2 Å². The highest BCUT2D eigenvalue weighted by Crippen LogP contribution is 2.34. The monoisotopic (exact) mass is 152 g/mol. The molecule has 0 atom stereocenters. The van der Waals surface area contributed by atoms with E-state index >= 15 is 0 Å². The van der Waals surface area contributed by atoms with E-state index in [9.17, 15) is 0 Å². The van der Waals surface area contributed by atoms with Crippen LogP contribution in [0.25, 0.3) is 0 Å². The van der Waals surface area contributed by atoms with Crippen molar-refractivity contribution in [1.82, 2.24) is 0 Å². The second-order valence-electron chi connectivity index (χ2n) is 2.55. The molecule has 0 saturated carbocycles. The minimum atomic E-state index is 0.589. The minimum Gasteiger partial charge on any atom is -0.192 e. The summed E-state index contributed by atoms with van der Waals surface area (Å²) in [5, 5.41) is 17.4. The van der Waals surface area contributed by atoms with Gasteiger partial charge in [0, 0.05) is 11.1 Å². The highest BCUT2D eigenvalue weighted by molar-refractivity contribution is 5.73. The molecule has 0 fully saturated rings. The van der Waals surface area contributed by atoms with E-state index in [2.05, 4.69) is 12.1 Å². The van der Waals surface area contributed by atoms with Gasteiger partial charge in [0.2, 0.25) is 0 Å². The summed E-state index contributed by atoms with van der Waals surface area (Å²) >= 11 is 0. The summed E-state index contributed by atoms with van der Waals surface area (Å²) in [6.45, 7) is 0. The Balaban J connectivity index is 2.61. The molecule has 12 heavy (non-hydrogen) atoms. The third-order valence-corrected chi connectivity index (χ3v) is 1.93. The van der Waals surface area contributed by atoms with Crippen molar-refractivity contribution in [3.8, 4) is 12.1 Å². The van der Waals surface area contributed by atoms with Crippen molar-refractivity contribution in [2.75, 3.05) is 0 Å². The van der Waals surface area contributed by atoms with Crippen LogP contribution < -0.4 is 0 Å². The molecule has 0 aromatic carbocycles. The zero-order valence-corrected chi connectivity index (χ0v) is 6.20. The van der Waals surface area contributed by atoms with E-state index in [1.54, 1.807) is 6.08 Å². The molecule has 0 unspecified atom stereocenters. The second-order valence-corrected chi connectivity index (χ2v) is 2.55. The number of fused-ring (bicyclic) bond motifs is 1. The van der Waals surface area contributed by atoms with E-state index in [1.165, 1.54) is 0 Å². The summed E-state index contributed by atoms with van der Waals surface area (Å²) in [5.74, 6) is 0. The van der Waals surface area contributed by atoms with Gasteiger partial charge in [0.15, 0.2) is 0 Å². The Morgan fingerprint density at radius 1 is 1.17 bits per heavy atom. The first-order valence-corrected chi connectivity index (χ1v) is 3.52. The zero-order valence-electron chi connectivity index (χ0n) is 6.20. The van der Waals surface area contributed by atoms with Crippen LogP contribution in [0.3, 0.4) is 0 Å². The van der Waals surface area contributed by atoms with Crippen LogP contribution in [0.5, 0.6) is 0 Å². The van der Waals surface area contributed by atoms with Gasteiger partial charge in [0.25, 0.3) is 0 Å². The molecule has 2 rings (SSSR count). The Bertz CT molecular complexity index is 445. The molecule has 0 bridgehead atoms. The molecule has 2 aliphatic carbocycles. The quantitative estimate of drug-likeness (QED) is 0.531. The van der Waals surface area contributed by atoms with Crippen molar-refractivity contribution in [3.63, 3.8) is 0 Å². The zero-order chi connectivity index (χ0) is 8.55. The number of hydrogen-bond acceptors (Lipinski definition) is 2. The van der Waals surface area contributed by atoms with Crippen molar-refractivity contribution >= 4 is 0 Å². The summed E-state index contributed by atoms with van der Waals surface area (Å²) in [6.07, 6.45) is 7.19. The average molecular weight is 152 g/mol. The highest BCUT2D eigenvalue weighted by Gasteiger charge is 2.21. The third kappa shape index (κ3) is 0.667. The van der Waals surface area contributed by atoms with Crippen molar-refractivity contribution < 1.29 is 0 Å². The van der Waals surface area contributed by atoms with Crippen molar-refractivity contribution in [2.24, 2.45) is 0 Å². The molecule has 0 radical (unpaired) electrons. The van der Waals surface area contributed by atoms with Gasteiger partial charge in [0.05, 0.1) is 23.3 Å². The Morgan fingerprint density at radius 3 is 2.67 bits per heavy atom. The van der Waals surface area contributed by atoms with Crippen molar-refractivity contribution in [2.45, 2.75) is 0 Å². The van der Waals surface area contributed by atoms with Crippen molar-refractivity contribution in [1.29, 1.82) is 10.5 Å². The fraction of sp³-hybridized carbons (Fsp3) is 0. The summed E-state index contributed by atoms with van der Waals surface area (Å²) in [6, 6.07) is 4.12. The van der Waals surface area contributed by atoms with Crippen LogP contribution in [0.15, 0.2) is 46.6 Å². The smallest absolute Gasteiger partial charge is 0.0998 e. The van der Waals surface area contributed by atoms with Crippen LogP contribution in [0.4, 0.5) is 0 Å². The largest absolute Gasteiger partial charge is 0.192 e. The second kappa shape index (κ2) is 2.22. The van der Waals surface area contributed by atoms with Gasteiger partial charge in [-0.3, -0.25) is 0 Å². The van der Waals surface area contributed by atoms with Crippen LogP contribution in [0.2, 0.25) is 0 Å². The summed E-state index contributed by atoms with van der Waals surface area (Å²) in [4.78, 5) is 0. The van der Waals surface area contributed by atoms with Crippen LogP contribution in [0.1, 0.15) is 0 Å². The standard InChI is InChI=1S/C10H4N2/c11-5-7-4-8(6-12)10-3-1-2-9(7)10/h1-4H. The Hall–Kier alpha value is -2.06. The van der Waals surface area contributed by atoms with Gasteiger partial charge in [-0.15, -0.1) is 0 Å². The van der Waals surface area contributed by atoms with E-state index in [0.717, 1.165) is 11.1 Å². The Morgan fingerprint density at radius 2 is 2.00 bits per heavy atom. The first kappa shape index (κ1) is 6.64. The van der Waals surface area contributed by atoms with Gasteiger partial charge in [-0.2, -0.15) is 10.5 Å². The van der Waals surface area contributed by atoms with Gasteiger partial charge in [-0.1, -0.05) is 18.2 Å². The molecule has 0 aromatic rings. The number of nitriles is 2. The molecule has 2 aliphatic rings. The molecule has 2 nitrogen and oxygen atoms in total. The first-order valence-electron chi connectivity index (χ1n) is 3.52. The predicted octanol–water partition coefficient (Wildman–Crippen LogP) is 1.77. The normalized spacial score (nSPS) is 18.2. The number of nitrogens with zero attached hydrogens (tertiary/aromatic N) is 2. The van der Waals surface area contributed by atoms with Gasteiger partial charge < -0.3 is 0 Å². The van der Waals surface area contributed by atoms with Crippen LogP contribution in [-0.4, -0.2) is 0 Å². The van der Waals surface area contributed by atoms with E-state index < -0.39 is 0 Å². The fourth-order valence-corrected chi connectivity index (χ4v) is 1.37. The van der Waals surface area contributed by atoms with Gasteiger partial charge >= 0.3 is 0 Å². The lowest BCUT2D eigenvalue weighted by atomic mass is 10.1. The minimum absolute atomic E-state index is 0.589.